The fourth-order valence-electron chi connectivity index (χ4n) is 2.15. The molecule has 2 atom stereocenters. The number of amides is 1. The molecule has 0 radical (unpaired) electrons. The van der Waals surface area contributed by atoms with Crippen LogP contribution in [0.4, 0.5) is 5.69 Å². The van der Waals surface area contributed by atoms with E-state index in [-0.39, 0.29) is 11.9 Å². The van der Waals surface area contributed by atoms with Crippen molar-refractivity contribution in [3.05, 3.63) is 54.6 Å². The SMILES string of the molecule is CSc1ccc(O[C@@H](C)C(=O)N[C@H](C)CNc2ccccc2)cc1. The van der Waals surface area contributed by atoms with Crippen molar-refractivity contribution in [1.82, 2.24) is 5.32 Å². The standard InChI is InChI=1S/C19H24N2O2S/c1-14(13-20-16-7-5-4-6-8-16)21-19(22)15(2)23-17-9-11-18(24-3)12-10-17/h4-12,14-15,20H,13H2,1-3H3,(H,21,22)/t14-,15+/m1/s1. The van der Waals surface area contributed by atoms with Gasteiger partial charge in [-0.2, -0.15) is 0 Å². The maximum Gasteiger partial charge on any atom is 0.261 e. The summed E-state index contributed by atoms with van der Waals surface area (Å²) >= 11 is 1.67. The fourth-order valence-corrected chi connectivity index (χ4v) is 2.56. The topological polar surface area (TPSA) is 50.4 Å². The zero-order valence-electron chi connectivity index (χ0n) is 14.3. The van der Waals surface area contributed by atoms with Gasteiger partial charge in [0.05, 0.1) is 0 Å². The predicted molar refractivity (Wildman–Crippen MR) is 101 cm³/mol. The van der Waals surface area contributed by atoms with Gasteiger partial charge in [-0.15, -0.1) is 11.8 Å². The number of benzene rings is 2. The third-order valence-electron chi connectivity index (χ3n) is 3.52. The summed E-state index contributed by atoms with van der Waals surface area (Å²) < 4.78 is 5.70. The van der Waals surface area contributed by atoms with Gasteiger partial charge in [-0.3, -0.25) is 4.79 Å². The summed E-state index contributed by atoms with van der Waals surface area (Å²) in [5, 5.41) is 6.26. The number of nitrogens with one attached hydrogen (secondary N) is 2. The summed E-state index contributed by atoms with van der Waals surface area (Å²) in [6, 6.07) is 17.7. The van der Waals surface area contributed by atoms with Crippen LogP contribution in [0, 0.1) is 0 Å². The highest BCUT2D eigenvalue weighted by atomic mass is 32.2. The largest absolute Gasteiger partial charge is 0.481 e. The molecular weight excluding hydrogens is 320 g/mol. The molecule has 0 aliphatic heterocycles. The zero-order valence-corrected chi connectivity index (χ0v) is 15.1. The van der Waals surface area contributed by atoms with Gasteiger partial charge < -0.3 is 15.4 Å². The molecule has 0 spiro atoms. The van der Waals surface area contributed by atoms with Crippen molar-refractivity contribution < 1.29 is 9.53 Å². The maximum atomic E-state index is 12.2. The molecule has 0 unspecified atom stereocenters. The van der Waals surface area contributed by atoms with E-state index in [9.17, 15) is 4.79 Å². The zero-order chi connectivity index (χ0) is 17.4. The maximum absolute atomic E-state index is 12.2. The van der Waals surface area contributed by atoms with Crippen LogP contribution in [0.3, 0.4) is 0 Å². The van der Waals surface area contributed by atoms with Crippen molar-refractivity contribution in [2.24, 2.45) is 0 Å². The minimum Gasteiger partial charge on any atom is -0.481 e. The number of hydrogen-bond acceptors (Lipinski definition) is 4. The summed E-state index contributed by atoms with van der Waals surface area (Å²) in [6.07, 6.45) is 1.49. The lowest BCUT2D eigenvalue weighted by Gasteiger charge is -2.19. The number of carbonyl (C=O) groups is 1. The predicted octanol–water partition coefficient (Wildman–Crippen LogP) is 3.79. The van der Waals surface area contributed by atoms with Gasteiger partial charge in [0.25, 0.3) is 5.91 Å². The first kappa shape index (κ1) is 18.2. The number of carbonyl (C=O) groups excluding carboxylic acids is 1. The van der Waals surface area contributed by atoms with E-state index >= 15 is 0 Å². The van der Waals surface area contributed by atoms with Crippen LogP contribution >= 0.6 is 11.8 Å². The lowest BCUT2D eigenvalue weighted by atomic mass is 10.2. The summed E-state index contributed by atoms with van der Waals surface area (Å²) in [7, 11) is 0. The Labute approximate surface area is 148 Å². The van der Waals surface area contributed by atoms with E-state index < -0.39 is 6.10 Å². The monoisotopic (exact) mass is 344 g/mol. The Balaban J connectivity index is 1.77. The van der Waals surface area contributed by atoms with Crippen LogP contribution < -0.4 is 15.4 Å². The molecule has 2 aromatic rings. The molecular formula is C19H24N2O2S. The Morgan fingerprint density at radius 1 is 1.08 bits per heavy atom. The van der Waals surface area contributed by atoms with Crippen LogP contribution in [-0.2, 0) is 4.79 Å². The molecule has 0 heterocycles. The fraction of sp³-hybridized carbons (Fsp3) is 0.316. The normalized spacial score (nSPS) is 13.0. The lowest BCUT2D eigenvalue weighted by Crippen LogP contribution is -2.43. The van der Waals surface area contributed by atoms with Crippen molar-refractivity contribution >= 4 is 23.4 Å². The van der Waals surface area contributed by atoms with Gasteiger partial charge >= 0.3 is 0 Å². The number of ether oxygens (including phenoxy) is 1. The highest BCUT2D eigenvalue weighted by Gasteiger charge is 2.16. The average molecular weight is 344 g/mol. The van der Waals surface area contributed by atoms with Crippen molar-refractivity contribution in [3.8, 4) is 5.75 Å². The minimum absolute atomic E-state index is 0.00243. The second-order valence-electron chi connectivity index (χ2n) is 5.59. The van der Waals surface area contributed by atoms with E-state index in [1.807, 2.05) is 67.8 Å². The lowest BCUT2D eigenvalue weighted by molar-refractivity contribution is -0.127. The molecule has 0 fully saturated rings. The smallest absolute Gasteiger partial charge is 0.261 e. The van der Waals surface area contributed by atoms with Gasteiger partial charge in [0.15, 0.2) is 6.10 Å². The van der Waals surface area contributed by atoms with Gasteiger partial charge in [-0.05, 0) is 56.5 Å². The molecule has 2 rings (SSSR count). The van der Waals surface area contributed by atoms with Crippen molar-refractivity contribution in [2.45, 2.75) is 30.9 Å². The average Bonchev–Trinajstić information content (AvgIpc) is 2.61. The highest BCUT2D eigenvalue weighted by molar-refractivity contribution is 7.98. The van der Waals surface area contributed by atoms with Crippen LogP contribution in [0.2, 0.25) is 0 Å². The molecule has 0 aliphatic carbocycles. The van der Waals surface area contributed by atoms with E-state index in [2.05, 4.69) is 10.6 Å². The minimum atomic E-state index is -0.538. The number of anilines is 1. The van der Waals surface area contributed by atoms with Crippen molar-refractivity contribution in [3.63, 3.8) is 0 Å². The van der Waals surface area contributed by atoms with E-state index in [4.69, 9.17) is 4.74 Å². The van der Waals surface area contributed by atoms with Gasteiger partial charge in [-0.25, -0.2) is 0 Å². The molecule has 0 saturated carbocycles. The molecule has 2 N–H and O–H groups in total. The third-order valence-corrected chi connectivity index (χ3v) is 4.26. The summed E-state index contributed by atoms with van der Waals surface area (Å²) in [5.74, 6) is 0.580. The van der Waals surface area contributed by atoms with Crippen LogP contribution in [0.1, 0.15) is 13.8 Å². The van der Waals surface area contributed by atoms with Gasteiger partial charge in [0.1, 0.15) is 5.75 Å². The summed E-state index contributed by atoms with van der Waals surface area (Å²) in [4.78, 5) is 13.4. The number of rotatable bonds is 8. The molecule has 0 aromatic heterocycles. The van der Waals surface area contributed by atoms with Crippen LogP contribution in [0.25, 0.3) is 0 Å². The Bertz CT molecular complexity index is 632. The second kappa shape index (κ2) is 9.23. The Morgan fingerprint density at radius 3 is 2.38 bits per heavy atom. The molecule has 24 heavy (non-hydrogen) atoms. The number of thioether (sulfide) groups is 1. The highest BCUT2D eigenvalue weighted by Crippen LogP contribution is 2.19. The van der Waals surface area contributed by atoms with Crippen molar-refractivity contribution in [2.75, 3.05) is 18.1 Å². The van der Waals surface area contributed by atoms with E-state index in [1.165, 1.54) is 4.90 Å². The molecule has 128 valence electrons. The first-order valence-corrected chi connectivity index (χ1v) is 9.21. The first-order valence-electron chi connectivity index (χ1n) is 7.98. The molecule has 1 amide bonds. The molecule has 0 bridgehead atoms. The van der Waals surface area contributed by atoms with E-state index in [0.29, 0.717) is 12.3 Å². The van der Waals surface area contributed by atoms with Crippen molar-refractivity contribution in [1.29, 1.82) is 0 Å². The Morgan fingerprint density at radius 2 is 1.75 bits per heavy atom. The Hall–Kier alpha value is -2.14. The molecule has 0 saturated heterocycles. The first-order chi connectivity index (χ1) is 11.6. The molecule has 2 aromatic carbocycles. The molecule has 0 aliphatic rings. The Kier molecular flexibility index (Phi) is 7.00. The second-order valence-corrected chi connectivity index (χ2v) is 6.47. The van der Waals surface area contributed by atoms with Crippen LogP contribution in [0.15, 0.2) is 59.5 Å². The molecule has 5 heteroatoms. The van der Waals surface area contributed by atoms with E-state index in [0.717, 1.165) is 5.69 Å². The van der Waals surface area contributed by atoms with Gasteiger partial charge in [-0.1, -0.05) is 18.2 Å². The van der Waals surface area contributed by atoms with Crippen LogP contribution in [-0.4, -0.2) is 30.9 Å². The van der Waals surface area contributed by atoms with E-state index in [1.54, 1.807) is 18.7 Å². The molecule has 4 nitrogen and oxygen atoms in total. The summed E-state index contributed by atoms with van der Waals surface area (Å²) in [6.45, 7) is 4.38. The quantitative estimate of drug-likeness (QED) is 0.715. The number of hydrogen-bond donors (Lipinski definition) is 2. The summed E-state index contributed by atoms with van der Waals surface area (Å²) in [5.41, 5.74) is 1.04. The number of para-hydroxylation sites is 1. The third kappa shape index (κ3) is 5.81. The van der Waals surface area contributed by atoms with Crippen LogP contribution in [0.5, 0.6) is 5.75 Å². The van der Waals surface area contributed by atoms with Gasteiger partial charge in [0.2, 0.25) is 0 Å². The van der Waals surface area contributed by atoms with Gasteiger partial charge in [0, 0.05) is 23.2 Å².